The number of rotatable bonds is 13. The molecular formula is C22H43N7O. The number of morpholine rings is 1. The van der Waals surface area contributed by atoms with Crippen molar-refractivity contribution >= 4 is 5.96 Å². The number of nitrogens with one attached hydrogen (secondary N) is 2. The van der Waals surface area contributed by atoms with Crippen LogP contribution >= 0.6 is 0 Å². The first-order valence-corrected chi connectivity index (χ1v) is 11.7. The number of aromatic nitrogens is 3. The predicted octanol–water partition coefficient (Wildman–Crippen LogP) is 2.49. The Morgan fingerprint density at radius 2 is 1.73 bits per heavy atom. The lowest BCUT2D eigenvalue weighted by molar-refractivity contribution is 0.0376. The van der Waals surface area contributed by atoms with Gasteiger partial charge in [-0.3, -0.25) is 4.90 Å². The summed E-state index contributed by atoms with van der Waals surface area (Å²) in [7, 11) is 1.99. The van der Waals surface area contributed by atoms with Crippen LogP contribution in [-0.4, -0.2) is 71.6 Å². The zero-order valence-electron chi connectivity index (χ0n) is 19.6. The first-order valence-electron chi connectivity index (χ1n) is 11.7. The van der Waals surface area contributed by atoms with Gasteiger partial charge < -0.3 is 19.9 Å². The topological polar surface area (TPSA) is 79.6 Å². The number of ether oxygens (including phenoxy) is 1. The Morgan fingerprint density at radius 1 is 1.03 bits per heavy atom. The van der Waals surface area contributed by atoms with Gasteiger partial charge in [0.25, 0.3) is 0 Å². The SMILES string of the molecule is Cc1nnc(CN=C(NCCCCCCC(C)C)NCCCN2CCOCC2)n1C. The highest BCUT2D eigenvalue weighted by molar-refractivity contribution is 5.79. The summed E-state index contributed by atoms with van der Waals surface area (Å²) in [6, 6.07) is 0. The van der Waals surface area contributed by atoms with Crippen molar-refractivity contribution in [1.29, 1.82) is 0 Å². The van der Waals surface area contributed by atoms with Crippen molar-refractivity contribution in [3.05, 3.63) is 11.6 Å². The third-order valence-corrected chi connectivity index (χ3v) is 5.61. The Labute approximate surface area is 182 Å². The smallest absolute Gasteiger partial charge is 0.191 e. The molecule has 0 radical (unpaired) electrons. The molecule has 8 heteroatoms. The number of nitrogens with zero attached hydrogens (tertiary/aromatic N) is 5. The van der Waals surface area contributed by atoms with Crippen LogP contribution in [0.15, 0.2) is 4.99 Å². The molecule has 0 spiro atoms. The Balaban J connectivity index is 1.72. The van der Waals surface area contributed by atoms with Crippen LogP contribution in [0.1, 0.15) is 64.0 Å². The standard InChI is InChI=1S/C22H43N7O/c1-19(2)10-7-5-6-8-11-23-22(25-18-21-27-26-20(3)28(21)4)24-12-9-13-29-14-16-30-17-15-29/h19H,5-18H2,1-4H3,(H2,23,24,25). The van der Waals surface area contributed by atoms with Crippen LogP contribution in [0, 0.1) is 12.8 Å². The second-order valence-corrected chi connectivity index (χ2v) is 8.65. The van der Waals surface area contributed by atoms with E-state index < -0.39 is 0 Å². The zero-order chi connectivity index (χ0) is 21.6. The number of aryl methyl sites for hydroxylation is 1. The van der Waals surface area contributed by atoms with Crippen molar-refractivity contribution in [3.63, 3.8) is 0 Å². The number of unbranched alkanes of at least 4 members (excludes halogenated alkanes) is 3. The predicted molar refractivity (Wildman–Crippen MR) is 123 cm³/mol. The summed E-state index contributed by atoms with van der Waals surface area (Å²) in [5.74, 6) is 3.48. The highest BCUT2D eigenvalue weighted by atomic mass is 16.5. The molecule has 1 aromatic rings. The zero-order valence-corrected chi connectivity index (χ0v) is 19.6. The van der Waals surface area contributed by atoms with Gasteiger partial charge in [0.2, 0.25) is 0 Å². The third kappa shape index (κ3) is 9.89. The monoisotopic (exact) mass is 421 g/mol. The molecule has 1 saturated heterocycles. The molecule has 0 saturated carbocycles. The van der Waals surface area contributed by atoms with Crippen molar-refractivity contribution in [2.45, 2.75) is 65.8 Å². The maximum absolute atomic E-state index is 5.42. The molecule has 1 aliphatic rings. The van der Waals surface area contributed by atoms with E-state index in [0.29, 0.717) is 6.54 Å². The second-order valence-electron chi connectivity index (χ2n) is 8.65. The van der Waals surface area contributed by atoms with Gasteiger partial charge in [0, 0.05) is 33.2 Å². The highest BCUT2D eigenvalue weighted by Gasteiger charge is 2.10. The van der Waals surface area contributed by atoms with Gasteiger partial charge in [-0.05, 0) is 32.2 Å². The molecule has 0 atom stereocenters. The minimum absolute atomic E-state index is 0.532. The quantitative estimate of drug-likeness (QED) is 0.289. The fourth-order valence-corrected chi connectivity index (χ4v) is 3.48. The molecule has 2 N–H and O–H groups in total. The molecular weight excluding hydrogens is 378 g/mol. The second kappa shape index (κ2) is 14.4. The van der Waals surface area contributed by atoms with Crippen molar-refractivity contribution in [1.82, 2.24) is 30.3 Å². The Kier molecular flexibility index (Phi) is 11.8. The van der Waals surface area contributed by atoms with E-state index in [2.05, 4.69) is 39.6 Å². The minimum Gasteiger partial charge on any atom is -0.379 e. The Morgan fingerprint density at radius 3 is 2.40 bits per heavy atom. The molecule has 1 fully saturated rings. The van der Waals surface area contributed by atoms with E-state index in [-0.39, 0.29) is 0 Å². The van der Waals surface area contributed by atoms with Crippen LogP contribution in [0.25, 0.3) is 0 Å². The van der Waals surface area contributed by atoms with Crippen molar-refractivity contribution in [3.8, 4) is 0 Å². The van der Waals surface area contributed by atoms with Crippen LogP contribution in [0.4, 0.5) is 0 Å². The van der Waals surface area contributed by atoms with E-state index in [1.165, 1.54) is 32.1 Å². The average molecular weight is 422 g/mol. The number of hydrogen-bond donors (Lipinski definition) is 2. The Bertz CT molecular complexity index is 609. The molecule has 172 valence electrons. The molecule has 0 unspecified atom stereocenters. The van der Waals surface area contributed by atoms with Crippen molar-refractivity contribution < 1.29 is 4.74 Å². The van der Waals surface area contributed by atoms with E-state index in [1.54, 1.807) is 0 Å². The molecule has 2 heterocycles. The highest BCUT2D eigenvalue weighted by Crippen LogP contribution is 2.09. The van der Waals surface area contributed by atoms with Gasteiger partial charge in [0.1, 0.15) is 12.4 Å². The van der Waals surface area contributed by atoms with Gasteiger partial charge in [-0.25, -0.2) is 4.99 Å². The summed E-state index contributed by atoms with van der Waals surface area (Å²) in [4.78, 5) is 7.21. The molecule has 1 aliphatic heterocycles. The van der Waals surface area contributed by atoms with Gasteiger partial charge in [0.15, 0.2) is 11.8 Å². The van der Waals surface area contributed by atoms with Crippen LogP contribution < -0.4 is 10.6 Å². The first kappa shape index (κ1) is 24.6. The molecule has 0 amide bonds. The average Bonchev–Trinajstić information content (AvgIpc) is 3.06. The van der Waals surface area contributed by atoms with E-state index in [1.807, 2.05) is 18.5 Å². The minimum atomic E-state index is 0.532. The van der Waals surface area contributed by atoms with E-state index in [9.17, 15) is 0 Å². The summed E-state index contributed by atoms with van der Waals surface area (Å²) >= 11 is 0. The summed E-state index contributed by atoms with van der Waals surface area (Å²) in [5.41, 5.74) is 0. The first-order chi connectivity index (χ1) is 14.6. The lowest BCUT2D eigenvalue weighted by Gasteiger charge is -2.26. The van der Waals surface area contributed by atoms with Crippen molar-refractivity contribution in [2.24, 2.45) is 18.0 Å². The lowest BCUT2D eigenvalue weighted by Crippen LogP contribution is -2.41. The van der Waals surface area contributed by atoms with Gasteiger partial charge in [-0.1, -0.05) is 39.5 Å². The van der Waals surface area contributed by atoms with Crippen LogP contribution in [0.3, 0.4) is 0 Å². The van der Waals surface area contributed by atoms with E-state index >= 15 is 0 Å². The van der Waals surface area contributed by atoms with Gasteiger partial charge >= 0.3 is 0 Å². The van der Waals surface area contributed by atoms with Gasteiger partial charge in [-0.2, -0.15) is 0 Å². The molecule has 0 aromatic carbocycles. The summed E-state index contributed by atoms with van der Waals surface area (Å²) < 4.78 is 7.42. The fourth-order valence-electron chi connectivity index (χ4n) is 3.48. The van der Waals surface area contributed by atoms with Crippen LogP contribution in [0.2, 0.25) is 0 Å². The summed E-state index contributed by atoms with van der Waals surface area (Å²) in [6.07, 6.45) is 7.53. The van der Waals surface area contributed by atoms with Crippen LogP contribution in [0.5, 0.6) is 0 Å². The number of hydrogen-bond acceptors (Lipinski definition) is 5. The van der Waals surface area contributed by atoms with E-state index in [0.717, 1.165) is 75.9 Å². The lowest BCUT2D eigenvalue weighted by atomic mass is 10.0. The van der Waals surface area contributed by atoms with Gasteiger partial charge in [0.05, 0.1) is 13.2 Å². The Hall–Kier alpha value is -1.67. The largest absolute Gasteiger partial charge is 0.379 e. The van der Waals surface area contributed by atoms with E-state index in [4.69, 9.17) is 9.73 Å². The van der Waals surface area contributed by atoms with Crippen LogP contribution in [-0.2, 0) is 18.3 Å². The summed E-state index contributed by atoms with van der Waals surface area (Å²) in [5, 5.41) is 15.3. The third-order valence-electron chi connectivity index (χ3n) is 5.61. The molecule has 0 aliphatic carbocycles. The van der Waals surface area contributed by atoms with Gasteiger partial charge in [-0.15, -0.1) is 10.2 Å². The van der Waals surface area contributed by atoms with Crippen molar-refractivity contribution in [2.75, 3.05) is 45.9 Å². The maximum atomic E-state index is 5.42. The fraction of sp³-hybridized carbons (Fsp3) is 0.864. The maximum Gasteiger partial charge on any atom is 0.191 e. The molecule has 2 rings (SSSR count). The number of guanidine groups is 1. The molecule has 8 nitrogen and oxygen atoms in total. The molecule has 30 heavy (non-hydrogen) atoms. The summed E-state index contributed by atoms with van der Waals surface area (Å²) in [6.45, 7) is 13.9. The normalized spacial score (nSPS) is 15.7. The molecule has 1 aromatic heterocycles. The molecule has 0 bridgehead atoms. The number of aliphatic imine (C=N–C) groups is 1.